The normalized spacial score (nSPS) is 10.8. The highest BCUT2D eigenvalue weighted by Crippen LogP contribution is 2.36. The van der Waals surface area contributed by atoms with Gasteiger partial charge in [-0.1, -0.05) is 18.5 Å². The summed E-state index contributed by atoms with van der Waals surface area (Å²) in [7, 11) is 0. The molecule has 1 aromatic heterocycles. The topological polar surface area (TPSA) is 95.2 Å². The molecule has 8 heteroatoms. The van der Waals surface area contributed by atoms with Crippen LogP contribution in [-0.4, -0.2) is 10.1 Å². The quantitative estimate of drug-likeness (QED) is 0.687. The molecule has 0 saturated carbocycles. The fraction of sp³-hybridized carbons (Fsp3) is 0.250. The summed E-state index contributed by atoms with van der Waals surface area (Å²) < 4.78 is 32.8. The lowest BCUT2D eigenvalue weighted by Crippen LogP contribution is -1.99. The molecule has 0 aliphatic carbocycles. The Kier molecular flexibility index (Phi) is 3.64. The van der Waals surface area contributed by atoms with E-state index in [1.165, 1.54) is 0 Å². The van der Waals surface area contributed by atoms with E-state index in [4.69, 9.17) is 10.3 Å². The van der Waals surface area contributed by atoms with Crippen molar-refractivity contribution in [3.05, 3.63) is 39.4 Å². The van der Waals surface area contributed by atoms with Gasteiger partial charge in [0.25, 0.3) is 0 Å². The number of aromatic nitrogens is 1. The fourth-order valence-electron chi connectivity index (χ4n) is 1.90. The number of nitrogens with two attached hydrogens (primary N) is 1. The van der Waals surface area contributed by atoms with Crippen LogP contribution >= 0.6 is 0 Å². The van der Waals surface area contributed by atoms with E-state index in [2.05, 4.69) is 5.16 Å². The average Bonchev–Trinajstić information content (AvgIpc) is 2.72. The highest BCUT2D eigenvalue weighted by molar-refractivity contribution is 5.69. The van der Waals surface area contributed by atoms with Gasteiger partial charge in [-0.3, -0.25) is 10.1 Å². The Bertz CT molecular complexity index is 670. The van der Waals surface area contributed by atoms with Crippen LogP contribution in [0.2, 0.25) is 0 Å². The van der Waals surface area contributed by atoms with Gasteiger partial charge in [0.2, 0.25) is 5.82 Å². The molecule has 1 aromatic carbocycles. The number of halogens is 2. The Labute approximate surface area is 112 Å². The van der Waals surface area contributed by atoms with E-state index in [-0.39, 0.29) is 11.6 Å². The molecular formula is C12H11F2N3O3. The molecule has 0 spiro atoms. The van der Waals surface area contributed by atoms with E-state index in [1.54, 1.807) is 0 Å². The largest absolute Gasteiger partial charge is 0.381 e. The van der Waals surface area contributed by atoms with Gasteiger partial charge < -0.3 is 10.3 Å². The van der Waals surface area contributed by atoms with E-state index < -0.39 is 27.8 Å². The SMILES string of the molecule is CCCc1c(N)noc1-c1c(F)ccc([N+](=O)[O-])c1F. The highest BCUT2D eigenvalue weighted by atomic mass is 19.1. The molecule has 6 nitrogen and oxygen atoms in total. The van der Waals surface area contributed by atoms with Crippen molar-refractivity contribution in [3.63, 3.8) is 0 Å². The van der Waals surface area contributed by atoms with Crippen molar-refractivity contribution >= 4 is 11.5 Å². The second-order valence-corrected chi connectivity index (χ2v) is 4.14. The molecule has 2 N–H and O–H groups in total. The van der Waals surface area contributed by atoms with Gasteiger partial charge in [-0.05, 0) is 12.5 Å². The van der Waals surface area contributed by atoms with Crippen LogP contribution in [-0.2, 0) is 6.42 Å². The molecule has 0 aliphatic heterocycles. The second-order valence-electron chi connectivity index (χ2n) is 4.14. The van der Waals surface area contributed by atoms with E-state index in [1.807, 2.05) is 6.92 Å². The molecular weight excluding hydrogens is 272 g/mol. The average molecular weight is 283 g/mol. The number of nitro groups is 1. The van der Waals surface area contributed by atoms with Crippen LogP contribution in [0, 0.1) is 21.7 Å². The van der Waals surface area contributed by atoms with Crippen LogP contribution in [0.25, 0.3) is 11.3 Å². The zero-order valence-corrected chi connectivity index (χ0v) is 10.5. The van der Waals surface area contributed by atoms with Crippen molar-refractivity contribution in [1.82, 2.24) is 5.16 Å². The molecule has 0 aliphatic rings. The summed E-state index contributed by atoms with van der Waals surface area (Å²) in [6, 6.07) is 1.57. The number of nitrogen functional groups attached to an aromatic ring is 1. The zero-order valence-electron chi connectivity index (χ0n) is 10.5. The van der Waals surface area contributed by atoms with Gasteiger partial charge in [0.1, 0.15) is 5.82 Å². The summed E-state index contributed by atoms with van der Waals surface area (Å²) in [5, 5.41) is 14.2. The maximum Gasteiger partial charge on any atom is 0.305 e. The van der Waals surface area contributed by atoms with Gasteiger partial charge in [-0.25, -0.2) is 4.39 Å². The summed E-state index contributed by atoms with van der Waals surface area (Å²) in [4.78, 5) is 9.77. The third-order valence-corrected chi connectivity index (χ3v) is 2.81. The summed E-state index contributed by atoms with van der Waals surface area (Å²) in [5.74, 6) is -2.46. The fourth-order valence-corrected chi connectivity index (χ4v) is 1.90. The van der Waals surface area contributed by atoms with Crippen LogP contribution in [0.4, 0.5) is 20.3 Å². The standard InChI is InChI=1S/C12H11F2N3O3/c1-2-3-6-11(20-16-12(6)15)9-7(13)4-5-8(10(9)14)17(18)19/h4-5H,2-3H2,1H3,(H2,15,16). The van der Waals surface area contributed by atoms with Gasteiger partial charge in [0.15, 0.2) is 11.6 Å². The predicted octanol–water partition coefficient (Wildman–Crippen LogP) is 3.06. The first-order valence-corrected chi connectivity index (χ1v) is 5.84. The van der Waals surface area contributed by atoms with Crippen molar-refractivity contribution in [1.29, 1.82) is 0 Å². The number of benzene rings is 1. The molecule has 0 atom stereocenters. The van der Waals surface area contributed by atoms with Crippen LogP contribution in [0.1, 0.15) is 18.9 Å². The van der Waals surface area contributed by atoms with Crippen molar-refractivity contribution in [2.45, 2.75) is 19.8 Å². The minimum absolute atomic E-state index is 0.0205. The summed E-state index contributed by atoms with van der Waals surface area (Å²) in [5.41, 5.74) is 4.46. The Morgan fingerprint density at radius 2 is 2.15 bits per heavy atom. The first-order chi connectivity index (χ1) is 9.47. The number of hydrogen-bond acceptors (Lipinski definition) is 5. The number of nitrogens with zero attached hydrogens (tertiary/aromatic N) is 2. The van der Waals surface area contributed by atoms with Crippen molar-refractivity contribution in [2.75, 3.05) is 5.73 Å². The lowest BCUT2D eigenvalue weighted by Gasteiger charge is -2.04. The molecule has 2 rings (SSSR count). The van der Waals surface area contributed by atoms with Crippen molar-refractivity contribution in [3.8, 4) is 11.3 Å². The molecule has 0 bridgehead atoms. The Balaban J connectivity index is 2.69. The third kappa shape index (κ3) is 2.20. The van der Waals surface area contributed by atoms with Gasteiger partial charge in [0, 0.05) is 11.6 Å². The monoisotopic (exact) mass is 283 g/mol. The number of hydrogen-bond donors (Lipinski definition) is 1. The molecule has 0 unspecified atom stereocenters. The molecule has 0 amide bonds. The Hall–Kier alpha value is -2.51. The van der Waals surface area contributed by atoms with Crippen LogP contribution in [0.15, 0.2) is 16.7 Å². The molecule has 0 fully saturated rings. The number of nitro benzene ring substituents is 1. The molecule has 2 aromatic rings. The highest BCUT2D eigenvalue weighted by Gasteiger charge is 2.27. The van der Waals surface area contributed by atoms with Crippen LogP contribution in [0.5, 0.6) is 0 Å². The second kappa shape index (κ2) is 5.24. The third-order valence-electron chi connectivity index (χ3n) is 2.81. The van der Waals surface area contributed by atoms with E-state index >= 15 is 0 Å². The predicted molar refractivity (Wildman–Crippen MR) is 66.9 cm³/mol. The Morgan fingerprint density at radius 1 is 1.45 bits per heavy atom. The molecule has 1 heterocycles. The van der Waals surface area contributed by atoms with E-state index in [9.17, 15) is 18.9 Å². The number of rotatable bonds is 4. The summed E-state index contributed by atoms with van der Waals surface area (Å²) in [6.45, 7) is 1.84. The van der Waals surface area contributed by atoms with Crippen molar-refractivity contribution in [2.24, 2.45) is 0 Å². The van der Waals surface area contributed by atoms with Gasteiger partial charge in [0.05, 0.1) is 10.5 Å². The lowest BCUT2D eigenvalue weighted by atomic mass is 10.0. The lowest BCUT2D eigenvalue weighted by molar-refractivity contribution is -0.387. The molecule has 0 radical (unpaired) electrons. The maximum absolute atomic E-state index is 14.1. The van der Waals surface area contributed by atoms with E-state index in [0.29, 0.717) is 18.4 Å². The first-order valence-electron chi connectivity index (χ1n) is 5.84. The molecule has 0 saturated heterocycles. The van der Waals surface area contributed by atoms with Gasteiger partial charge >= 0.3 is 5.69 Å². The zero-order chi connectivity index (χ0) is 14.9. The maximum atomic E-state index is 14.1. The van der Waals surface area contributed by atoms with E-state index in [0.717, 1.165) is 12.1 Å². The molecule has 20 heavy (non-hydrogen) atoms. The minimum Gasteiger partial charge on any atom is -0.381 e. The first kappa shape index (κ1) is 13.9. The summed E-state index contributed by atoms with van der Waals surface area (Å²) in [6.07, 6.45) is 1.04. The smallest absolute Gasteiger partial charge is 0.305 e. The summed E-state index contributed by atoms with van der Waals surface area (Å²) >= 11 is 0. The van der Waals surface area contributed by atoms with Crippen LogP contribution < -0.4 is 5.73 Å². The van der Waals surface area contributed by atoms with Crippen molar-refractivity contribution < 1.29 is 18.2 Å². The minimum atomic E-state index is -1.30. The Morgan fingerprint density at radius 3 is 2.75 bits per heavy atom. The number of anilines is 1. The molecule has 106 valence electrons. The van der Waals surface area contributed by atoms with Crippen LogP contribution in [0.3, 0.4) is 0 Å². The van der Waals surface area contributed by atoms with Gasteiger partial charge in [-0.15, -0.1) is 0 Å². The van der Waals surface area contributed by atoms with Gasteiger partial charge in [-0.2, -0.15) is 4.39 Å².